The zero-order chi connectivity index (χ0) is 20.0. The Balaban J connectivity index is 1.87. The maximum Gasteiger partial charge on any atom is 0.295 e. The van der Waals surface area contributed by atoms with Gasteiger partial charge in [-0.3, -0.25) is 14.5 Å². The normalized spacial score (nSPS) is 16.9. The Hall–Kier alpha value is -3.61. The van der Waals surface area contributed by atoms with Gasteiger partial charge in [-0.15, -0.1) is 0 Å². The first-order chi connectivity index (χ1) is 13.4. The molecule has 7 heteroatoms. The van der Waals surface area contributed by atoms with Crippen LogP contribution in [0.15, 0.2) is 62.7 Å². The minimum atomic E-state index is -0.851. The average Bonchev–Trinajstić information content (AvgIpc) is 3.35. The molecule has 0 spiro atoms. The molecule has 7 nitrogen and oxygen atoms in total. The van der Waals surface area contributed by atoms with Gasteiger partial charge in [-0.05, 0) is 38.5 Å². The van der Waals surface area contributed by atoms with E-state index in [1.165, 1.54) is 11.0 Å². The Bertz CT molecular complexity index is 1100. The van der Waals surface area contributed by atoms with Gasteiger partial charge in [0.25, 0.3) is 5.91 Å². The summed E-state index contributed by atoms with van der Waals surface area (Å²) in [5, 5.41) is 14.5. The van der Waals surface area contributed by atoms with Crippen LogP contribution in [0.5, 0.6) is 0 Å². The Morgan fingerprint density at radius 2 is 1.79 bits per heavy atom. The van der Waals surface area contributed by atoms with Crippen LogP contribution in [0.3, 0.4) is 0 Å². The summed E-state index contributed by atoms with van der Waals surface area (Å²) in [6.07, 6.45) is 0. The molecule has 1 aliphatic rings. The molecule has 0 saturated heterocycles. The Morgan fingerprint density at radius 3 is 2.36 bits per heavy atom. The zero-order valence-corrected chi connectivity index (χ0v) is 15.6. The van der Waals surface area contributed by atoms with Gasteiger partial charge in [0.15, 0.2) is 17.3 Å². The lowest BCUT2D eigenvalue weighted by Gasteiger charge is -2.24. The van der Waals surface area contributed by atoms with Crippen molar-refractivity contribution in [2.24, 2.45) is 0 Å². The Morgan fingerprint density at radius 1 is 1.07 bits per heavy atom. The number of rotatable bonds is 4. The summed E-state index contributed by atoms with van der Waals surface area (Å²) < 4.78 is 10.5. The molecule has 0 fully saturated rings. The molecule has 28 heavy (non-hydrogen) atoms. The van der Waals surface area contributed by atoms with E-state index in [0.29, 0.717) is 17.1 Å². The molecule has 2 aromatic heterocycles. The summed E-state index contributed by atoms with van der Waals surface area (Å²) in [4.78, 5) is 27.2. The third kappa shape index (κ3) is 2.81. The van der Waals surface area contributed by atoms with Gasteiger partial charge in [0, 0.05) is 6.07 Å². The molecule has 0 bridgehead atoms. The van der Waals surface area contributed by atoms with E-state index in [4.69, 9.17) is 8.94 Å². The van der Waals surface area contributed by atoms with Crippen LogP contribution in [0, 0.1) is 20.8 Å². The fourth-order valence-corrected chi connectivity index (χ4v) is 3.29. The first kappa shape index (κ1) is 17.8. The largest absolute Gasteiger partial charge is 0.503 e. The first-order valence-electron chi connectivity index (χ1n) is 8.74. The highest BCUT2D eigenvalue weighted by Gasteiger charge is 2.46. The maximum absolute atomic E-state index is 13.1. The minimum Gasteiger partial charge on any atom is -0.503 e. The van der Waals surface area contributed by atoms with Gasteiger partial charge in [0.05, 0.1) is 11.6 Å². The SMILES string of the molecule is Cc1ccc([C@@H]2C(C(=O)c3ccc(C)o3)=C(O)C(=O)N2c2cc(C)on2)cc1. The van der Waals surface area contributed by atoms with Gasteiger partial charge in [-0.1, -0.05) is 35.0 Å². The lowest BCUT2D eigenvalue weighted by atomic mass is 9.94. The van der Waals surface area contributed by atoms with Crippen LogP contribution in [0.4, 0.5) is 5.82 Å². The van der Waals surface area contributed by atoms with Crippen molar-refractivity contribution in [1.82, 2.24) is 5.16 Å². The number of carbonyl (C=O) groups excluding carboxylic acids is 2. The minimum absolute atomic E-state index is 0.0520. The highest BCUT2D eigenvalue weighted by molar-refractivity contribution is 6.19. The number of ketones is 1. The van der Waals surface area contributed by atoms with Gasteiger partial charge in [0.1, 0.15) is 11.5 Å². The number of carbonyl (C=O) groups is 2. The van der Waals surface area contributed by atoms with Crippen molar-refractivity contribution in [3.8, 4) is 0 Å². The fourth-order valence-electron chi connectivity index (χ4n) is 3.29. The van der Waals surface area contributed by atoms with Crippen LogP contribution < -0.4 is 4.90 Å². The van der Waals surface area contributed by atoms with E-state index in [0.717, 1.165) is 5.56 Å². The third-order valence-corrected chi connectivity index (χ3v) is 4.67. The van der Waals surface area contributed by atoms with Gasteiger partial charge >= 0.3 is 0 Å². The van der Waals surface area contributed by atoms with Crippen LogP contribution >= 0.6 is 0 Å². The molecular formula is C21H18N2O5. The quantitative estimate of drug-likeness (QED) is 0.690. The maximum atomic E-state index is 13.1. The van der Waals surface area contributed by atoms with E-state index in [2.05, 4.69) is 5.16 Å². The van der Waals surface area contributed by atoms with Crippen molar-refractivity contribution >= 4 is 17.5 Å². The number of aryl methyl sites for hydroxylation is 3. The molecule has 0 saturated carbocycles. The number of Topliss-reactive ketones (excluding diaryl/α,β-unsaturated/α-hetero) is 1. The number of furan rings is 1. The van der Waals surface area contributed by atoms with Crippen LogP contribution in [-0.4, -0.2) is 22.0 Å². The van der Waals surface area contributed by atoms with Crippen LogP contribution in [0.2, 0.25) is 0 Å². The molecule has 1 amide bonds. The molecule has 1 atom stereocenters. The number of benzene rings is 1. The predicted molar refractivity (Wildman–Crippen MR) is 100 cm³/mol. The monoisotopic (exact) mass is 378 g/mol. The highest BCUT2D eigenvalue weighted by atomic mass is 16.5. The van der Waals surface area contributed by atoms with Crippen LogP contribution in [-0.2, 0) is 4.79 Å². The van der Waals surface area contributed by atoms with E-state index in [-0.39, 0.29) is 17.2 Å². The fraction of sp³-hybridized carbons (Fsp3) is 0.190. The second kappa shape index (κ2) is 6.53. The molecule has 0 radical (unpaired) electrons. The van der Waals surface area contributed by atoms with Crippen LogP contribution in [0.1, 0.15) is 39.2 Å². The number of aromatic nitrogens is 1. The number of aliphatic hydroxyl groups excluding tert-OH is 1. The Labute approximate surface area is 160 Å². The molecule has 0 unspecified atom stereocenters. The molecule has 3 aromatic rings. The number of nitrogens with zero attached hydrogens (tertiary/aromatic N) is 2. The van der Waals surface area contributed by atoms with Crippen molar-refractivity contribution in [3.05, 3.63) is 82.2 Å². The van der Waals surface area contributed by atoms with Crippen molar-refractivity contribution in [3.63, 3.8) is 0 Å². The van der Waals surface area contributed by atoms with Gasteiger partial charge < -0.3 is 14.0 Å². The van der Waals surface area contributed by atoms with Crippen molar-refractivity contribution in [1.29, 1.82) is 0 Å². The number of hydrogen-bond donors (Lipinski definition) is 1. The average molecular weight is 378 g/mol. The number of hydrogen-bond acceptors (Lipinski definition) is 6. The van der Waals surface area contributed by atoms with Gasteiger partial charge in [-0.2, -0.15) is 0 Å². The van der Waals surface area contributed by atoms with E-state index in [9.17, 15) is 14.7 Å². The standard InChI is InChI=1S/C21H18N2O5/c1-11-4-7-14(8-5-11)18-17(19(24)15-9-6-12(2)27-15)20(25)21(26)23(18)16-10-13(3)28-22-16/h4-10,18,25H,1-3H3/t18-/m1/s1. The second-order valence-electron chi connectivity index (χ2n) is 6.79. The lowest BCUT2D eigenvalue weighted by molar-refractivity contribution is -0.117. The Kier molecular flexibility index (Phi) is 4.15. The summed E-state index contributed by atoms with van der Waals surface area (Å²) in [5.41, 5.74) is 1.64. The summed E-state index contributed by atoms with van der Waals surface area (Å²) in [5.74, 6) is -0.543. The number of anilines is 1. The van der Waals surface area contributed by atoms with Crippen molar-refractivity contribution in [2.75, 3.05) is 4.90 Å². The van der Waals surface area contributed by atoms with Crippen molar-refractivity contribution < 1.29 is 23.6 Å². The van der Waals surface area contributed by atoms with Crippen molar-refractivity contribution in [2.45, 2.75) is 26.8 Å². The molecule has 1 N–H and O–H groups in total. The second-order valence-corrected chi connectivity index (χ2v) is 6.79. The molecule has 1 aromatic carbocycles. The molecule has 4 rings (SSSR count). The highest BCUT2D eigenvalue weighted by Crippen LogP contribution is 2.41. The summed E-state index contributed by atoms with van der Waals surface area (Å²) >= 11 is 0. The molecule has 0 aliphatic carbocycles. The first-order valence-corrected chi connectivity index (χ1v) is 8.74. The predicted octanol–water partition coefficient (Wildman–Crippen LogP) is 3.98. The lowest BCUT2D eigenvalue weighted by Crippen LogP contribution is -2.31. The van der Waals surface area contributed by atoms with E-state index in [1.807, 2.05) is 31.2 Å². The molecule has 1 aliphatic heterocycles. The molecular weight excluding hydrogens is 360 g/mol. The summed E-state index contributed by atoms with van der Waals surface area (Å²) in [6, 6.07) is 11.3. The molecule has 142 valence electrons. The van der Waals surface area contributed by atoms with Gasteiger partial charge in [0.2, 0.25) is 5.78 Å². The topological polar surface area (TPSA) is 96.8 Å². The summed E-state index contributed by atoms with van der Waals surface area (Å²) in [6.45, 7) is 5.35. The van der Waals surface area contributed by atoms with E-state index in [1.54, 1.807) is 26.0 Å². The summed E-state index contributed by atoms with van der Waals surface area (Å²) in [7, 11) is 0. The van der Waals surface area contributed by atoms with E-state index >= 15 is 0 Å². The third-order valence-electron chi connectivity index (χ3n) is 4.67. The number of amides is 1. The smallest absolute Gasteiger partial charge is 0.295 e. The van der Waals surface area contributed by atoms with Crippen LogP contribution in [0.25, 0.3) is 0 Å². The zero-order valence-electron chi connectivity index (χ0n) is 15.6. The molecule has 3 heterocycles. The number of aliphatic hydroxyl groups is 1. The van der Waals surface area contributed by atoms with E-state index < -0.39 is 23.5 Å². The van der Waals surface area contributed by atoms with Gasteiger partial charge in [-0.25, -0.2) is 0 Å².